The SMILES string of the molecule is CC(c1cccs1)N(C)CCOc1ccc(CCN)cc1. The van der Waals surface area contributed by atoms with E-state index in [1.165, 1.54) is 10.4 Å². The summed E-state index contributed by atoms with van der Waals surface area (Å²) >= 11 is 1.80. The van der Waals surface area contributed by atoms with E-state index in [0.29, 0.717) is 19.2 Å². The van der Waals surface area contributed by atoms with Crippen molar-refractivity contribution in [2.45, 2.75) is 19.4 Å². The summed E-state index contributed by atoms with van der Waals surface area (Å²) in [6.07, 6.45) is 0.918. The van der Waals surface area contributed by atoms with Gasteiger partial charge in [-0.3, -0.25) is 4.90 Å². The summed E-state index contributed by atoms with van der Waals surface area (Å²) in [7, 11) is 2.14. The first kappa shape index (κ1) is 16.0. The highest BCUT2D eigenvalue weighted by Crippen LogP contribution is 2.23. The topological polar surface area (TPSA) is 38.5 Å². The van der Waals surface area contributed by atoms with Gasteiger partial charge in [0.05, 0.1) is 0 Å². The Morgan fingerprint density at radius 1 is 1.24 bits per heavy atom. The van der Waals surface area contributed by atoms with Crippen molar-refractivity contribution in [3.05, 3.63) is 52.2 Å². The van der Waals surface area contributed by atoms with Gasteiger partial charge in [-0.2, -0.15) is 0 Å². The van der Waals surface area contributed by atoms with Crippen molar-refractivity contribution in [2.24, 2.45) is 5.73 Å². The second kappa shape index (κ2) is 8.17. The van der Waals surface area contributed by atoms with E-state index in [1.54, 1.807) is 11.3 Å². The predicted octanol–water partition coefficient (Wildman–Crippen LogP) is 3.32. The highest BCUT2D eigenvalue weighted by Gasteiger charge is 2.12. The normalized spacial score (nSPS) is 12.6. The van der Waals surface area contributed by atoms with Crippen LogP contribution in [0, 0.1) is 0 Å². The number of hydrogen-bond donors (Lipinski definition) is 1. The van der Waals surface area contributed by atoms with Crippen molar-refractivity contribution in [3.63, 3.8) is 0 Å². The molecule has 0 spiro atoms. The summed E-state index contributed by atoms with van der Waals surface area (Å²) in [6, 6.07) is 12.9. The van der Waals surface area contributed by atoms with Crippen LogP contribution in [0.15, 0.2) is 41.8 Å². The Labute approximate surface area is 131 Å². The van der Waals surface area contributed by atoms with Gasteiger partial charge in [-0.15, -0.1) is 11.3 Å². The summed E-state index contributed by atoms with van der Waals surface area (Å²) < 4.78 is 5.81. The van der Waals surface area contributed by atoms with Crippen LogP contribution in [0.4, 0.5) is 0 Å². The molecule has 1 aromatic carbocycles. The minimum atomic E-state index is 0.431. The summed E-state index contributed by atoms with van der Waals surface area (Å²) in [5.41, 5.74) is 6.80. The Balaban J connectivity index is 1.75. The van der Waals surface area contributed by atoms with Crippen molar-refractivity contribution < 1.29 is 4.74 Å². The average molecular weight is 304 g/mol. The largest absolute Gasteiger partial charge is 0.492 e. The fraction of sp³-hybridized carbons (Fsp3) is 0.412. The third-order valence-electron chi connectivity index (χ3n) is 3.69. The van der Waals surface area contributed by atoms with Gasteiger partial charge in [-0.25, -0.2) is 0 Å². The monoisotopic (exact) mass is 304 g/mol. The average Bonchev–Trinajstić information content (AvgIpc) is 3.02. The Morgan fingerprint density at radius 2 is 2.00 bits per heavy atom. The maximum absolute atomic E-state index is 5.81. The lowest BCUT2D eigenvalue weighted by Gasteiger charge is -2.23. The molecule has 1 heterocycles. The zero-order chi connectivity index (χ0) is 15.1. The molecule has 0 saturated carbocycles. The molecule has 0 amide bonds. The van der Waals surface area contributed by atoms with Crippen LogP contribution in [0.3, 0.4) is 0 Å². The maximum atomic E-state index is 5.81. The van der Waals surface area contributed by atoms with Crippen molar-refractivity contribution in [1.82, 2.24) is 4.90 Å². The van der Waals surface area contributed by atoms with Gasteiger partial charge < -0.3 is 10.5 Å². The van der Waals surface area contributed by atoms with Gasteiger partial charge in [0, 0.05) is 17.5 Å². The van der Waals surface area contributed by atoms with Crippen molar-refractivity contribution in [3.8, 4) is 5.75 Å². The van der Waals surface area contributed by atoms with E-state index in [1.807, 2.05) is 12.1 Å². The number of nitrogens with two attached hydrogens (primary N) is 1. The van der Waals surface area contributed by atoms with E-state index in [9.17, 15) is 0 Å². The first-order valence-electron chi connectivity index (χ1n) is 7.36. The second-order valence-electron chi connectivity index (χ2n) is 5.20. The van der Waals surface area contributed by atoms with E-state index in [0.717, 1.165) is 18.7 Å². The number of ether oxygens (including phenoxy) is 1. The van der Waals surface area contributed by atoms with Gasteiger partial charge in [0.1, 0.15) is 12.4 Å². The summed E-state index contributed by atoms with van der Waals surface area (Å²) in [5, 5.41) is 2.12. The molecule has 2 aromatic rings. The van der Waals surface area contributed by atoms with Crippen LogP contribution in [-0.4, -0.2) is 31.6 Å². The first-order chi connectivity index (χ1) is 10.2. The van der Waals surface area contributed by atoms with Gasteiger partial charge in [0.2, 0.25) is 0 Å². The third-order valence-corrected chi connectivity index (χ3v) is 4.73. The number of nitrogens with zero attached hydrogens (tertiary/aromatic N) is 1. The van der Waals surface area contributed by atoms with Crippen molar-refractivity contribution in [2.75, 3.05) is 26.7 Å². The van der Waals surface area contributed by atoms with Crippen molar-refractivity contribution >= 4 is 11.3 Å². The van der Waals surface area contributed by atoms with Gasteiger partial charge in [-0.1, -0.05) is 18.2 Å². The van der Waals surface area contributed by atoms with Gasteiger partial charge in [0.15, 0.2) is 0 Å². The Morgan fingerprint density at radius 3 is 2.62 bits per heavy atom. The Kier molecular flexibility index (Phi) is 6.23. The van der Waals surface area contributed by atoms with Crippen LogP contribution >= 0.6 is 11.3 Å². The van der Waals surface area contributed by atoms with Crippen LogP contribution < -0.4 is 10.5 Å². The molecule has 3 nitrogen and oxygen atoms in total. The van der Waals surface area contributed by atoms with Crippen molar-refractivity contribution in [1.29, 1.82) is 0 Å². The molecule has 2 N–H and O–H groups in total. The molecule has 0 fully saturated rings. The molecule has 0 aliphatic carbocycles. The number of benzene rings is 1. The molecule has 1 aromatic heterocycles. The number of rotatable bonds is 8. The molecule has 0 saturated heterocycles. The molecule has 21 heavy (non-hydrogen) atoms. The second-order valence-corrected chi connectivity index (χ2v) is 6.18. The summed E-state index contributed by atoms with van der Waals surface area (Å²) in [4.78, 5) is 3.71. The molecule has 0 aliphatic rings. The zero-order valence-corrected chi connectivity index (χ0v) is 13.6. The molecule has 1 unspecified atom stereocenters. The lowest BCUT2D eigenvalue weighted by molar-refractivity contribution is 0.202. The minimum Gasteiger partial charge on any atom is -0.492 e. The fourth-order valence-corrected chi connectivity index (χ4v) is 3.01. The summed E-state index contributed by atoms with van der Waals surface area (Å²) in [6.45, 7) is 4.52. The molecule has 114 valence electrons. The highest BCUT2D eigenvalue weighted by atomic mass is 32.1. The van der Waals surface area contributed by atoms with Gasteiger partial charge >= 0.3 is 0 Å². The molecular formula is C17H24N2OS. The Bertz CT molecular complexity index is 510. The molecule has 0 aliphatic heterocycles. The highest BCUT2D eigenvalue weighted by molar-refractivity contribution is 7.10. The maximum Gasteiger partial charge on any atom is 0.119 e. The lowest BCUT2D eigenvalue weighted by Crippen LogP contribution is -2.26. The molecule has 4 heteroatoms. The van der Waals surface area contributed by atoms with E-state index in [-0.39, 0.29) is 0 Å². The van der Waals surface area contributed by atoms with Crippen LogP contribution in [-0.2, 0) is 6.42 Å². The lowest BCUT2D eigenvalue weighted by atomic mass is 10.1. The molecule has 0 bridgehead atoms. The van der Waals surface area contributed by atoms with Gasteiger partial charge in [0.25, 0.3) is 0 Å². The quantitative estimate of drug-likeness (QED) is 0.813. The van der Waals surface area contributed by atoms with Crippen LogP contribution in [0.25, 0.3) is 0 Å². The first-order valence-corrected chi connectivity index (χ1v) is 8.24. The number of likely N-dealkylation sites (N-methyl/N-ethyl adjacent to an activating group) is 1. The van der Waals surface area contributed by atoms with Crippen LogP contribution in [0.1, 0.15) is 23.4 Å². The van der Waals surface area contributed by atoms with E-state index in [4.69, 9.17) is 10.5 Å². The van der Waals surface area contributed by atoms with E-state index >= 15 is 0 Å². The molecule has 1 atom stereocenters. The minimum absolute atomic E-state index is 0.431. The standard InChI is InChI=1S/C17H24N2OS/c1-14(17-4-3-13-21-17)19(2)11-12-20-16-7-5-15(6-8-16)9-10-18/h3-8,13-14H,9-12,18H2,1-2H3. The van der Waals surface area contributed by atoms with Crippen LogP contribution in [0.2, 0.25) is 0 Å². The van der Waals surface area contributed by atoms with E-state index in [2.05, 4.69) is 48.5 Å². The molecular weight excluding hydrogens is 280 g/mol. The third kappa shape index (κ3) is 4.84. The van der Waals surface area contributed by atoms with Crippen LogP contribution in [0.5, 0.6) is 5.75 Å². The molecule has 0 radical (unpaired) electrons. The van der Waals surface area contributed by atoms with Gasteiger partial charge in [-0.05, 0) is 56.1 Å². The fourth-order valence-electron chi connectivity index (χ4n) is 2.17. The zero-order valence-electron chi connectivity index (χ0n) is 12.8. The number of thiophene rings is 1. The number of hydrogen-bond acceptors (Lipinski definition) is 4. The summed E-state index contributed by atoms with van der Waals surface area (Å²) in [5.74, 6) is 0.924. The predicted molar refractivity (Wildman–Crippen MR) is 90.1 cm³/mol. The Hall–Kier alpha value is -1.36. The van der Waals surface area contributed by atoms with E-state index < -0.39 is 0 Å². The molecule has 2 rings (SSSR count). The smallest absolute Gasteiger partial charge is 0.119 e.